The number of ether oxygens (including phenoxy) is 2. The molecule has 3 aromatic carbocycles. The van der Waals surface area contributed by atoms with Crippen LogP contribution < -0.4 is 9.47 Å². The first-order valence-corrected chi connectivity index (χ1v) is 11.1. The Morgan fingerprint density at radius 1 is 0.639 bits per heavy atom. The van der Waals surface area contributed by atoms with Crippen LogP contribution in [0.1, 0.15) is 49.1 Å². The highest BCUT2D eigenvalue weighted by atomic mass is 19.4. The van der Waals surface area contributed by atoms with Crippen LogP contribution in [-0.2, 0) is 6.11 Å². The molecule has 0 aliphatic heterocycles. The first kappa shape index (κ1) is 25.8. The molecule has 0 heterocycles. The minimum Gasteiger partial charge on any atom is -0.429 e. The summed E-state index contributed by atoms with van der Waals surface area (Å²) in [6.45, 7) is 0. The lowest BCUT2D eigenvalue weighted by atomic mass is 9.83. The standard InChI is InChI=1S/C26H20F8O2/c27-20-14-19(10-11-23(20)36-26(32,33)34)35-25(30,31)24-21(28)12-18(13-22(24)29)17-8-6-16(7-9-17)15-4-2-1-3-5-15/h6-15H,1-5H2. The number of hydrogen-bond donors (Lipinski definition) is 0. The Hall–Kier alpha value is -3.30. The quantitative estimate of drug-likeness (QED) is 0.305. The van der Waals surface area contributed by atoms with E-state index in [1.807, 2.05) is 12.1 Å². The topological polar surface area (TPSA) is 18.5 Å². The summed E-state index contributed by atoms with van der Waals surface area (Å²) >= 11 is 0. The Bertz CT molecular complexity index is 1190. The van der Waals surface area contributed by atoms with Gasteiger partial charge in [0.25, 0.3) is 0 Å². The maximum Gasteiger partial charge on any atom is 0.573 e. The minimum atomic E-state index is -5.21. The molecule has 36 heavy (non-hydrogen) atoms. The van der Waals surface area contributed by atoms with Crippen LogP contribution in [0.3, 0.4) is 0 Å². The van der Waals surface area contributed by atoms with Gasteiger partial charge in [-0.15, -0.1) is 13.2 Å². The normalized spacial score (nSPS) is 15.1. The minimum absolute atomic E-state index is 0.0273. The Morgan fingerprint density at radius 3 is 1.81 bits per heavy atom. The van der Waals surface area contributed by atoms with Crippen LogP contribution in [0.4, 0.5) is 35.1 Å². The van der Waals surface area contributed by atoms with E-state index in [1.165, 1.54) is 6.42 Å². The molecule has 10 heteroatoms. The average molecular weight is 516 g/mol. The molecule has 1 fully saturated rings. The van der Waals surface area contributed by atoms with E-state index in [2.05, 4.69) is 9.47 Å². The zero-order valence-corrected chi connectivity index (χ0v) is 18.6. The second-order valence-corrected chi connectivity index (χ2v) is 8.53. The molecule has 0 N–H and O–H groups in total. The summed E-state index contributed by atoms with van der Waals surface area (Å²) in [5.74, 6) is -6.71. The van der Waals surface area contributed by atoms with E-state index in [-0.39, 0.29) is 11.6 Å². The van der Waals surface area contributed by atoms with E-state index in [0.29, 0.717) is 23.6 Å². The van der Waals surface area contributed by atoms with Gasteiger partial charge in [0.15, 0.2) is 11.6 Å². The van der Waals surface area contributed by atoms with E-state index in [4.69, 9.17) is 0 Å². The molecule has 3 aromatic rings. The number of benzene rings is 3. The lowest BCUT2D eigenvalue weighted by Crippen LogP contribution is -2.25. The lowest BCUT2D eigenvalue weighted by Gasteiger charge is -2.22. The Morgan fingerprint density at radius 2 is 1.25 bits per heavy atom. The van der Waals surface area contributed by atoms with Crippen molar-refractivity contribution in [3.05, 3.63) is 83.2 Å². The van der Waals surface area contributed by atoms with Gasteiger partial charge in [-0.2, -0.15) is 8.78 Å². The predicted octanol–water partition coefficient (Wildman–Crippen LogP) is 8.85. The molecule has 0 radical (unpaired) electrons. The summed E-state index contributed by atoms with van der Waals surface area (Å²) in [4.78, 5) is 0. The average Bonchev–Trinajstić information content (AvgIpc) is 2.80. The number of alkyl halides is 5. The third-order valence-corrected chi connectivity index (χ3v) is 6.03. The van der Waals surface area contributed by atoms with Crippen molar-refractivity contribution in [3.63, 3.8) is 0 Å². The third kappa shape index (κ3) is 5.91. The fourth-order valence-corrected chi connectivity index (χ4v) is 4.35. The molecule has 1 aliphatic carbocycles. The smallest absolute Gasteiger partial charge is 0.429 e. The third-order valence-electron chi connectivity index (χ3n) is 6.03. The Balaban J connectivity index is 1.55. The monoisotopic (exact) mass is 516 g/mol. The van der Waals surface area contributed by atoms with Crippen LogP contribution >= 0.6 is 0 Å². The van der Waals surface area contributed by atoms with Gasteiger partial charge in [-0.3, -0.25) is 0 Å². The summed E-state index contributed by atoms with van der Waals surface area (Å²) in [7, 11) is 0. The summed E-state index contributed by atoms with van der Waals surface area (Å²) in [6.07, 6.45) is -4.21. The molecule has 0 saturated heterocycles. The first-order chi connectivity index (χ1) is 16.9. The maximum atomic E-state index is 14.7. The highest BCUT2D eigenvalue weighted by Gasteiger charge is 2.41. The largest absolute Gasteiger partial charge is 0.573 e. The molecule has 1 saturated carbocycles. The van der Waals surface area contributed by atoms with Crippen molar-refractivity contribution in [2.24, 2.45) is 0 Å². The maximum absolute atomic E-state index is 14.7. The van der Waals surface area contributed by atoms with Crippen molar-refractivity contribution in [1.29, 1.82) is 0 Å². The highest BCUT2D eigenvalue weighted by molar-refractivity contribution is 5.64. The van der Waals surface area contributed by atoms with Crippen LogP contribution in [0.15, 0.2) is 54.6 Å². The van der Waals surface area contributed by atoms with E-state index in [0.717, 1.165) is 43.4 Å². The Kier molecular flexibility index (Phi) is 7.15. The molecule has 0 spiro atoms. The molecule has 192 valence electrons. The molecule has 2 nitrogen and oxygen atoms in total. The SMILES string of the molecule is Fc1cc(OC(F)(F)c2c(F)cc(-c3ccc(C4CCCCC4)cc3)cc2F)ccc1OC(F)(F)F. The van der Waals surface area contributed by atoms with Crippen molar-refractivity contribution in [2.75, 3.05) is 0 Å². The molecule has 0 atom stereocenters. The number of hydrogen-bond acceptors (Lipinski definition) is 2. The summed E-state index contributed by atoms with van der Waals surface area (Å²) in [5.41, 5.74) is -0.166. The zero-order valence-electron chi connectivity index (χ0n) is 18.6. The number of halogens is 8. The zero-order chi connectivity index (χ0) is 26.1. The molecule has 1 aliphatic rings. The lowest BCUT2D eigenvalue weighted by molar-refractivity contribution is -0.275. The van der Waals surface area contributed by atoms with Gasteiger partial charge in [0.1, 0.15) is 22.9 Å². The van der Waals surface area contributed by atoms with Gasteiger partial charge < -0.3 is 9.47 Å². The molecular formula is C26H20F8O2. The predicted molar refractivity (Wildman–Crippen MR) is 115 cm³/mol. The van der Waals surface area contributed by atoms with Crippen LogP contribution in [0.2, 0.25) is 0 Å². The fourth-order valence-electron chi connectivity index (χ4n) is 4.35. The van der Waals surface area contributed by atoms with Gasteiger partial charge in [0.05, 0.1) is 0 Å². The molecule has 4 rings (SSSR count). The van der Waals surface area contributed by atoms with Crippen LogP contribution in [-0.4, -0.2) is 6.36 Å². The van der Waals surface area contributed by atoms with Gasteiger partial charge in [-0.1, -0.05) is 43.5 Å². The van der Waals surface area contributed by atoms with E-state index in [9.17, 15) is 35.1 Å². The van der Waals surface area contributed by atoms with Crippen molar-refractivity contribution >= 4 is 0 Å². The van der Waals surface area contributed by atoms with Gasteiger partial charge in [-0.25, -0.2) is 13.2 Å². The number of rotatable bonds is 6. The Labute approximate surface area is 201 Å². The highest BCUT2D eigenvalue weighted by Crippen LogP contribution is 2.39. The van der Waals surface area contributed by atoms with E-state index >= 15 is 0 Å². The van der Waals surface area contributed by atoms with Gasteiger partial charge in [-0.05, 0) is 59.7 Å². The molecular weight excluding hydrogens is 496 g/mol. The summed E-state index contributed by atoms with van der Waals surface area (Å²) < 4.78 is 117. The van der Waals surface area contributed by atoms with Gasteiger partial charge >= 0.3 is 12.5 Å². The molecule has 0 bridgehead atoms. The van der Waals surface area contributed by atoms with Crippen LogP contribution in [0, 0.1) is 17.5 Å². The van der Waals surface area contributed by atoms with Crippen molar-refractivity contribution in [2.45, 2.75) is 50.5 Å². The van der Waals surface area contributed by atoms with Crippen molar-refractivity contribution in [3.8, 4) is 22.6 Å². The van der Waals surface area contributed by atoms with Gasteiger partial charge in [0, 0.05) is 6.07 Å². The first-order valence-electron chi connectivity index (χ1n) is 11.1. The summed E-state index contributed by atoms with van der Waals surface area (Å²) in [5, 5.41) is 0. The second kappa shape index (κ2) is 9.99. The molecule has 0 aromatic heterocycles. The second-order valence-electron chi connectivity index (χ2n) is 8.53. The summed E-state index contributed by atoms with van der Waals surface area (Å²) in [6, 6.07) is 9.64. The van der Waals surface area contributed by atoms with Crippen LogP contribution in [0.5, 0.6) is 11.5 Å². The van der Waals surface area contributed by atoms with Gasteiger partial charge in [0.2, 0.25) is 0 Å². The fraction of sp³-hybridized carbons (Fsp3) is 0.308. The van der Waals surface area contributed by atoms with Crippen LogP contribution in [0.25, 0.3) is 11.1 Å². The van der Waals surface area contributed by atoms with Crippen molar-refractivity contribution in [1.82, 2.24) is 0 Å². The van der Waals surface area contributed by atoms with Crippen molar-refractivity contribution < 1.29 is 44.6 Å². The molecule has 0 amide bonds. The van der Waals surface area contributed by atoms with E-state index in [1.54, 1.807) is 12.1 Å². The van der Waals surface area contributed by atoms with E-state index < -0.39 is 47.0 Å². The molecule has 0 unspecified atom stereocenters.